The lowest BCUT2D eigenvalue weighted by molar-refractivity contribution is -0.149. The van der Waals surface area contributed by atoms with Crippen LogP contribution in [0.5, 0.6) is 0 Å². The van der Waals surface area contributed by atoms with Gasteiger partial charge in [-0.15, -0.1) is 0 Å². The fourth-order valence-corrected chi connectivity index (χ4v) is 2.36. The molecule has 4 heteroatoms. The summed E-state index contributed by atoms with van der Waals surface area (Å²) in [6.45, 7) is 4.86. The molecular formula is C15H22FNO2. The van der Waals surface area contributed by atoms with Crippen molar-refractivity contribution in [1.29, 1.82) is 0 Å². The van der Waals surface area contributed by atoms with Crippen LogP contribution >= 0.6 is 0 Å². The van der Waals surface area contributed by atoms with Crippen molar-refractivity contribution in [3.8, 4) is 0 Å². The number of carboxylic acids is 1. The van der Waals surface area contributed by atoms with Crippen LogP contribution in [-0.4, -0.2) is 29.6 Å². The lowest BCUT2D eigenvalue weighted by Gasteiger charge is -2.30. The number of hydrogen-bond donors (Lipinski definition) is 1. The molecule has 19 heavy (non-hydrogen) atoms. The first-order valence-electron chi connectivity index (χ1n) is 6.54. The molecule has 0 fully saturated rings. The minimum Gasteiger partial charge on any atom is -0.481 e. The third-order valence-electron chi connectivity index (χ3n) is 3.30. The average Bonchev–Trinajstić information content (AvgIpc) is 2.32. The fraction of sp³-hybridized carbons (Fsp3) is 0.533. The number of rotatable bonds is 7. The smallest absolute Gasteiger partial charge is 0.310 e. The molecule has 0 amide bonds. The summed E-state index contributed by atoms with van der Waals surface area (Å²) < 4.78 is 12.8. The Bertz CT molecular complexity index is 419. The van der Waals surface area contributed by atoms with E-state index in [0.717, 1.165) is 12.0 Å². The summed E-state index contributed by atoms with van der Waals surface area (Å²) in [5.74, 6) is -1.02. The van der Waals surface area contributed by atoms with Crippen LogP contribution in [0.25, 0.3) is 0 Å². The summed E-state index contributed by atoms with van der Waals surface area (Å²) in [7, 11) is 1.89. The second-order valence-electron chi connectivity index (χ2n) is 5.41. The van der Waals surface area contributed by atoms with Gasteiger partial charge in [-0.1, -0.05) is 25.5 Å². The molecule has 106 valence electrons. The molecular weight excluding hydrogens is 245 g/mol. The van der Waals surface area contributed by atoms with Gasteiger partial charge in [0.15, 0.2) is 0 Å². The van der Waals surface area contributed by atoms with Gasteiger partial charge in [-0.25, -0.2) is 4.39 Å². The first kappa shape index (κ1) is 15.6. The van der Waals surface area contributed by atoms with Gasteiger partial charge in [-0.3, -0.25) is 4.79 Å². The van der Waals surface area contributed by atoms with Crippen molar-refractivity contribution in [1.82, 2.24) is 4.90 Å². The van der Waals surface area contributed by atoms with Gasteiger partial charge >= 0.3 is 5.97 Å². The number of aliphatic carboxylic acids is 1. The third kappa shape index (κ3) is 4.63. The minimum absolute atomic E-state index is 0.257. The Morgan fingerprint density at radius 2 is 1.95 bits per heavy atom. The second kappa shape index (κ2) is 6.66. The van der Waals surface area contributed by atoms with Gasteiger partial charge in [0.1, 0.15) is 5.82 Å². The summed E-state index contributed by atoms with van der Waals surface area (Å²) >= 11 is 0. The van der Waals surface area contributed by atoms with Crippen molar-refractivity contribution in [2.45, 2.75) is 33.2 Å². The highest BCUT2D eigenvalue weighted by Crippen LogP contribution is 2.25. The van der Waals surface area contributed by atoms with Gasteiger partial charge in [0.2, 0.25) is 0 Å². The molecule has 1 rings (SSSR count). The molecule has 1 N–H and O–H groups in total. The van der Waals surface area contributed by atoms with Crippen molar-refractivity contribution >= 4 is 5.97 Å². The molecule has 1 unspecified atom stereocenters. The highest BCUT2D eigenvalue weighted by atomic mass is 19.1. The molecule has 1 atom stereocenters. The largest absolute Gasteiger partial charge is 0.481 e. The maximum atomic E-state index is 12.8. The van der Waals surface area contributed by atoms with Crippen LogP contribution in [0.3, 0.4) is 0 Å². The fourth-order valence-electron chi connectivity index (χ4n) is 2.36. The maximum Gasteiger partial charge on any atom is 0.310 e. The summed E-state index contributed by atoms with van der Waals surface area (Å²) in [6, 6.07) is 6.30. The van der Waals surface area contributed by atoms with E-state index in [1.54, 1.807) is 19.1 Å². The van der Waals surface area contributed by atoms with E-state index in [2.05, 4.69) is 0 Å². The van der Waals surface area contributed by atoms with Crippen molar-refractivity contribution in [3.05, 3.63) is 35.6 Å². The zero-order chi connectivity index (χ0) is 14.5. The van der Waals surface area contributed by atoms with E-state index in [-0.39, 0.29) is 5.82 Å². The van der Waals surface area contributed by atoms with Crippen molar-refractivity contribution in [2.24, 2.45) is 5.41 Å². The van der Waals surface area contributed by atoms with Crippen molar-refractivity contribution < 1.29 is 14.3 Å². The standard InChI is InChI=1S/C15H22FNO2/c1-4-9-15(2,14(18)19)11-17(3)10-12-5-7-13(16)8-6-12/h5-8H,4,9-11H2,1-3H3,(H,18,19). The Labute approximate surface area is 114 Å². The predicted molar refractivity (Wildman–Crippen MR) is 73.4 cm³/mol. The zero-order valence-electron chi connectivity index (χ0n) is 11.8. The van der Waals surface area contributed by atoms with E-state index in [9.17, 15) is 14.3 Å². The Morgan fingerprint density at radius 1 is 1.37 bits per heavy atom. The monoisotopic (exact) mass is 267 g/mol. The van der Waals surface area contributed by atoms with Gasteiger partial charge in [-0.2, -0.15) is 0 Å². The molecule has 0 radical (unpaired) electrons. The third-order valence-corrected chi connectivity index (χ3v) is 3.30. The Balaban J connectivity index is 2.65. The van der Waals surface area contributed by atoms with Gasteiger partial charge in [0, 0.05) is 13.1 Å². The second-order valence-corrected chi connectivity index (χ2v) is 5.41. The molecule has 0 aromatic heterocycles. The van der Waals surface area contributed by atoms with Gasteiger partial charge in [0.25, 0.3) is 0 Å². The van der Waals surface area contributed by atoms with Crippen LogP contribution in [0.2, 0.25) is 0 Å². The number of nitrogens with zero attached hydrogens (tertiary/aromatic N) is 1. The van der Waals surface area contributed by atoms with Gasteiger partial charge < -0.3 is 10.0 Å². The lowest BCUT2D eigenvalue weighted by atomic mass is 9.85. The van der Waals surface area contributed by atoms with Crippen LogP contribution in [0.15, 0.2) is 24.3 Å². The molecule has 0 saturated carbocycles. The summed E-state index contributed by atoms with van der Waals surface area (Å²) in [6.07, 6.45) is 1.49. The van der Waals surface area contributed by atoms with E-state index < -0.39 is 11.4 Å². The van der Waals surface area contributed by atoms with Gasteiger partial charge in [-0.05, 0) is 38.1 Å². The Morgan fingerprint density at radius 3 is 2.42 bits per heavy atom. The van der Waals surface area contributed by atoms with E-state index in [1.165, 1.54) is 12.1 Å². The molecule has 1 aromatic rings. The molecule has 0 aliphatic carbocycles. The molecule has 0 bridgehead atoms. The quantitative estimate of drug-likeness (QED) is 0.825. The number of benzene rings is 1. The van der Waals surface area contributed by atoms with E-state index in [0.29, 0.717) is 19.5 Å². The van der Waals surface area contributed by atoms with Crippen LogP contribution < -0.4 is 0 Å². The lowest BCUT2D eigenvalue weighted by Crippen LogP contribution is -2.39. The first-order valence-corrected chi connectivity index (χ1v) is 6.54. The number of carbonyl (C=O) groups is 1. The molecule has 0 aliphatic rings. The number of halogens is 1. The van der Waals surface area contributed by atoms with Crippen LogP contribution in [0, 0.1) is 11.2 Å². The minimum atomic E-state index is -0.764. The highest BCUT2D eigenvalue weighted by Gasteiger charge is 2.33. The summed E-state index contributed by atoms with van der Waals surface area (Å²) in [4.78, 5) is 13.3. The predicted octanol–water partition coefficient (Wildman–Crippen LogP) is 3.15. The van der Waals surface area contributed by atoms with Crippen LogP contribution in [-0.2, 0) is 11.3 Å². The molecule has 0 saturated heterocycles. The van der Waals surface area contributed by atoms with Crippen LogP contribution in [0.1, 0.15) is 32.3 Å². The SMILES string of the molecule is CCCC(C)(CN(C)Cc1ccc(F)cc1)C(=O)O. The van der Waals surface area contributed by atoms with Gasteiger partial charge in [0.05, 0.1) is 5.41 Å². The van der Waals surface area contributed by atoms with Crippen LogP contribution in [0.4, 0.5) is 4.39 Å². The zero-order valence-corrected chi connectivity index (χ0v) is 11.8. The molecule has 0 heterocycles. The average molecular weight is 267 g/mol. The maximum absolute atomic E-state index is 12.8. The van der Waals surface area contributed by atoms with E-state index >= 15 is 0 Å². The number of carboxylic acid groups (broad SMARTS) is 1. The Hall–Kier alpha value is -1.42. The highest BCUT2D eigenvalue weighted by molar-refractivity contribution is 5.74. The van der Waals surface area contributed by atoms with E-state index in [4.69, 9.17) is 0 Å². The molecule has 0 aliphatic heterocycles. The molecule has 1 aromatic carbocycles. The molecule has 0 spiro atoms. The number of hydrogen-bond acceptors (Lipinski definition) is 2. The normalized spacial score (nSPS) is 14.4. The van der Waals surface area contributed by atoms with E-state index in [1.807, 2.05) is 18.9 Å². The Kier molecular flexibility index (Phi) is 5.48. The summed E-state index contributed by atoms with van der Waals surface area (Å²) in [5, 5.41) is 9.34. The first-order chi connectivity index (χ1) is 8.87. The molecule has 3 nitrogen and oxygen atoms in total. The summed E-state index contributed by atoms with van der Waals surface area (Å²) in [5.41, 5.74) is 0.247. The van der Waals surface area contributed by atoms with Crippen molar-refractivity contribution in [3.63, 3.8) is 0 Å². The topological polar surface area (TPSA) is 40.5 Å². The van der Waals surface area contributed by atoms with Crippen molar-refractivity contribution in [2.75, 3.05) is 13.6 Å².